The van der Waals surface area contributed by atoms with Crippen LogP contribution in [0.1, 0.15) is 32.6 Å². The lowest BCUT2D eigenvalue weighted by Crippen LogP contribution is -2.40. The molecule has 0 N–H and O–H groups in total. The van der Waals surface area contributed by atoms with Gasteiger partial charge in [0.1, 0.15) is 6.29 Å². The summed E-state index contributed by atoms with van der Waals surface area (Å²) >= 11 is 0. The molecule has 0 spiro atoms. The molecule has 108 valence electrons. The lowest BCUT2D eigenvalue weighted by molar-refractivity contribution is -0.127. The van der Waals surface area contributed by atoms with Gasteiger partial charge in [-0.25, -0.2) is 0 Å². The second-order valence-corrected chi connectivity index (χ2v) is 9.73. The van der Waals surface area contributed by atoms with Gasteiger partial charge in [-0.2, -0.15) is 0 Å². The normalized spacial score (nSPS) is 28.2. The molecule has 2 fully saturated rings. The molecule has 1 saturated heterocycles. The summed E-state index contributed by atoms with van der Waals surface area (Å²) in [4.78, 5) is 0. The quantitative estimate of drug-likeness (QED) is 0.584. The second kappa shape index (κ2) is 7.00. The highest BCUT2D eigenvalue weighted by Crippen LogP contribution is 2.38. The molecule has 4 nitrogen and oxygen atoms in total. The first kappa shape index (κ1) is 16.1. The van der Waals surface area contributed by atoms with Crippen LogP contribution in [-0.4, -0.2) is 41.2 Å². The van der Waals surface area contributed by atoms with E-state index in [2.05, 4.69) is 13.1 Å². The van der Waals surface area contributed by atoms with Crippen molar-refractivity contribution < 1.29 is 18.6 Å². The molecular weight excluding hydrogens is 248 g/mol. The van der Waals surface area contributed by atoms with Crippen LogP contribution in [0.15, 0.2) is 0 Å². The third-order valence-electron chi connectivity index (χ3n) is 3.42. The van der Waals surface area contributed by atoms with Gasteiger partial charge >= 0.3 is 0 Å². The highest BCUT2D eigenvalue weighted by Gasteiger charge is 2.43. The molecule has 0 amide bonds. The first-order chi connectivity index (χ1) is 8.47. The molecule has 1 heterocycles. The highest BCUT2D eigenvalue weighted by atomic mass is 28.4. The Labute approximate surface area is 112 Å². The van der Waals surface area contributed by atoms with Gasteiger partial charge in [0.15, 0.2) is 14.1 Å². The smallest absolute Gasteiger partial charge is 0.190 e. The fraction of sp³-hybridized carbons (Fsp3) is 1.00. The van der Waals surface area contributed by atoms with Gasteiger partial charge in [0.2, 0.25) is 0 Å². The molecule has 0 aromatic heterocycles. The Hall–Kier alpha value is 0.0569. The van der Waals surface area contributed by atoms with Gasteiger partial charge < -0.3 is 18.6 Å². The minimum absolute atomic E-state index is 0.107. The zero-order chi connectivity index (χ0) is 13.6. The first-order valence-corrected chi connectivity index (χ1v) is 9.98. The van der Waals surface area contributed by atoms with Crippen LogP contribution >= 0.6 is 0 Å². The van der Waals surface area contributed by atoms with Crippen LogP contribution in [0, 0.1) is 0 Å². The van der Waals surface area contributed by atoms with Crippen LogP contribution in [0.25, 0.3) is 0 Å². The van der Waals surface area contributed by atoms with E-state index in [1.165, 1.54) is 12.5 Å². The number of ether oxygens (including phenoxy) is 3. The number of rotatable bonds is 4. The number of methoxy groups -OCH3 is 2. The Balaban J connectivity index is 0.000000199. The number of hydrogen-bond donors (Lipinski definition) is 0. The number of hydrogen-bond acceptors (Lipinski definition) is 4. The van der Waals surface area contributed by atoms with E-state index in [1.807, 2.05) is 6.92 Å². The summed E-state index contributed by atoms with van der Waals surface area (Å²) in [5, 5.41) is 0. The molecule has 0 bridgehead atoms. The average Bonchev–Trinajstić information content (AvgIpc) is 3.09. The van der Waals surface area contributed by atoms with Crippen molar-refractivity contribution in [2.45, 2.75) is 63.8 Å². The topological polar surface area (TPSA) is 36.9 Å². The second-order valence-electron chi connectivity index (χ2n) is 5.47. The third kappa shape index (κ3) is 5.36. The van der Waals surface area contributed by atoms with Gasteiger partial charge in [-0.3, -0.25) is 0 Å². The van der Waals surface area contributed by atoms with Crippen LogP contribution in [0.2, 0.25) is 19.1 Å². The van der Waals surface area contributed by atoms with Crippen molar-refractivity contribution in [3.8, 4) is 0 Å². The van der Waals surface area contributed by atoms with E-state index in [0.717, 1.165) is 25.9 Å². The van der Waals surface area contributed by atoms with Crippen molar-refractivity contribution >= 4 is 8.32 Å². The Kier molecular flexibility index (Phi) is 6.27. The van der Waals surface area contributed by atoms with Crippen LogP contribution in [0.3, 0.4) is 0 Å². The Morgan fingerprint density at radius 1 is 1.22 bits per heavy atom. The van der Waals surface area contributed by atoms with Crippen LogP contribution in [-0.2, 0) is 18.6 Å². The Morgan fingerprint density at radius 2 is 1.83 bits per heavy atom. The molecule has 0 aromatic carbocycles. The molecular formula is C13H28O4Si. The maximum atomic E-state index is 5.83. The highest BCUT2D eigenvalue weighted by molar-refractivity contribution is 6.71. The molecule has 0 radical (unpaired) electrons. The zero-order valence-electron chi connectivity index (χ0n) is 12.5. The summed E-state index contributed by atoms with van der Waals surface area (Å²) in [5.74, 6) is -0.167. The van der Waals surface area contributed by atoms with Crippen molar-refractivity contribution in [3.63, 3.8) is 0 Å². The summed E-state index contributed by atoms with van der Waals surface area (Å²) in [5.41, 5.74) is 0. The minimum Gasteiger partial charge on any atom is -0.393 e. The molecule has 1 atom stereocenters. The summed E-state index contributed by atoms with van der Waals surface area (Å²) < 4.78 is 21.2. The van der Waals surface area contributed by atoms with Gasteiger partial charge in [-0.1, -0.05) is 0 Å². The monoisotopic (exact) mass is 276 g/mol. The summed E-state index contributed by atoms with van der Waals surface area (Å²) in [6.07, 6.45) is 4.59. The largest absolute Gasteiger partial charge is 0.393 e. The molecule has 1 aliphatic carbocycles. The molecule has 5 heteroatoms. The van der Waals surface area contributed by atoms with Gasteiger partial charge in [-0.05, 0) is 38.9 Å². The summed E-state index contributed by atoms with van der Waals surface area (Å²) in [6.45, 7) is 7.32. The van der Waals surface area contributed by atoms with Gasteiger partial charge in [0, 0.05) is 33.7 Å². The standard InChI is InChI=1S/C8H18O2Si.C5H10O2/c1-4-9-8-6-5-7-11(2,3)10-8;1-6-5(7-2)3-4-5/h8H,4-7H2,1-3H3;3-4H2,1-2H3. The first-order valence-electron chi connectivity index (χ1n) is 6.86. The van der Waals surface area contributed by atoms with Gasteiger partial charge in [0.25, 0.3) is 0 Å². The zero-order valence-corrected chi connectivity index (χ0v) is 13.5. The lowest BCUT2D eigenvalue weighted by atomic mass is 10.3. The molecule has 2 aliphatic rings. The van der Waals surface area contributed by atoms with E-state index in [4.69, 9.17) is 18.6 Å². The van der Waals surface area contributed by atoms with E-state index >= 15 is 0 Å². The van der Waals surface area contributed by atoms with Crippen LogP contribution in [0.5, 0.6) is 0 Å². The maximum Gasteiger partial charge on any atom is 0.190 e. The summed E-state index contributed by atoms with van der Waals surface area (Å²) in [7, 11) is 2.04. The molecule has 2 rings (SSSR count). The lowest BCUT2D eigenvalue weighted by Gasteiger charge is -2.33. The predicted octanol–water partition coefficient (Wildman–Crippen LogP) is 3.13. The molecule has 1 saturated carbocycles. The van der Waals surface area contributed by atoms with Gasteiger partial charge in [-0.15, -0.1) is 0 Å². The molecule has 0 aromatic rings. The molecule has 1 aliphatic heterocycles. The molecule has 1 unspecified atom stereocenters. The van der Waals surface area contributed by atoms with Crippen LogP contribution in [0.4, 0.5) is 0 Å². The fourth-order valence-corrected chi connectivity index (χ4v) is 4.14. The van der Waals surface area contributed by atoms with E-state index in [0.29, 0.717) is 0 Å². The third-order valence-corrected chi connectivity index (χ3v) is 5.88. The predicted molar refractivity (Wildman–Crippen MR) is 74.0 cm³/mol. The Bertz CT molecular complexity index is 233. The van der Waals surface area contributed by atoms with E-state index in [-0.39, 0.29) is 12.1 Å². The Morgan fingerprint density at radius 3 is 2.17 bits per heavy atom. The SMILES string of the molecule is CCOC1CCC[Si](C)(C)O1.COC1(OC)CC1. The average molecular weight is 276 g/mol. The summed E-state index contributed by atoms with van der Waals surface area (Å²) in [6, 6.07) is 1.29. The van der Waals surface area contributed by atoms with E-state index < -0.39 is 8.32 Å². The van der Waals surface area contributed by atoms with Crippen molar-refractivity contribution in [2.24, 2.45) is 0 Å². The van der Waals surface area contributed by atoms with E-state index in [9.17, 15) is 0 Å². The minimum atomic E-state index is -1.32. The van der Waals surface area contributed by atoms with Crippen LogP contribution < -0.4 is 0 Å². The fourth-order valence-electron chi connectivity index (χ4n) is 2.07. The van der Waals surface area contributed by atoms with Crippen molar-refractivity contribution in [1.29, 1.82) is 0 Å². The van der Waals surface area contributed by atoms with E-state index in [1.54, 1.807) is 14.2 Å². The van der Waals surface area contributed by atoms with Gasteiger partial charge in [0.05, 0.1) is 0 Å². The van der Waals surface area contributed by atoms with Crippen molar-refractivity contribution in [2.75, 3.05) is 20.8 Å². The van der Waals surface area contributed by atoms with Crippen molar-refractivity contribution in [3.05, 3.63) is 0 Å². The molecule has 18 heavy (non-hydrogen) atoms. The van der Waals surface area contributed by atoms with Crippen molar-refractivity contribution in [1.82, 2.24) is 0 Å². The maximum absolute atomic E-state index is 5.83.